The van der Waals surface area contributed by atoms with Crippen molar-refractivity contribution in [3.63, 3.8) is 0 Å². The molecule has 0 unspecified atom stereocenters. The van der Waals surface area contributed by atoms with E-state index in [1.54, 1.807) is 29.4 Å². The molecule has 156 valence electrons. The fraction of sp³-hybridized carbons (Fsp3) is 0.500. The van der Waals surface area contributed by atoms with Crippen LogP contribution in [0.5, 0.6) is 0 Å². The van der Waals surface area contributed by atoms with Crippen molar-refractivity contribution >= 4 is 11.8 Å². The summed E-state index contributed by atoms with van der Waals surface area (Å²) in [5.41, 5.74) is 1.72. The van der Waals surface area contributed by atoms with Crippen molar-refractivity contribution in [1.29, 1.82) is 0 Å². The Morgan fingerprint density at radius 3 is 2.63 bits per heavy atom. The molecule has 3 aliphatic rings. The van der Waals surface area contributed by atoms with Crippen LogP contribution in [-0.4, -0.2) is 49.7 Å². The number of fused-ring (bicyclic) bond motifs is 1. The first kappa shape index (κ1) is 19.0. The second kappa shape index (κ2) is 7.66. The second-order valence-corrected chi connectivity index (χ2v) is 8.41. The minimum atomic E-state index is -0.184. The third-order valence-corrected chi connectivity index (χ3v) is 6.33. The summed E-state index contributed by atoms with van der Waals surface area (Å²) in [6.45, 7) is 1.50. The topological polar surface area (TPSA) is 99.3 Å². The summed E-state index contributed by atoms with van der Waals surface area (Å²) in [5.74, 6) is 0.804. The fourth-order valence-corrected chi connectivity index (χ4v) is 4.51. The number of piperidine rings is 1. The molecule has 2 amide bonds. The van der Waals surface area contributed by atoms with Crippen molar-refractivity contribution in [3.05, 3.63) is 57.5 Å². The van der Waals surface area contributed by atoms with E-state index in [1.165, 1.54) is 0 Å². The van der Waals surface area contributed by atoms with Crippen LogP contribution >= 0.6 is 0 Å². The number of amides is 2. The van der Waals surface area contributed by atoms with E-state index in [1.807, 2.05) is 4.90 Å². The largest absolute Gasteiger partial charge is 0.332 e. The van der Waals surface area contributed by atoms with Gasteiger partial charge in [0, 0.05) is 42.5 Å². The predicted octanol–water partition coefficient (Wildman–Crippen LogP) is 1.83. The van der Waals surface area contributed by atoms with Crippen LogP contribution < -0.4 is 5.56 Å². The van der Waals surface area contributed by atoms with E-state index in [4.69, 9.17) is 4.98 Å². The van der Waals surface area contributed by atoms with Crippen molar-refractivity contribution in [3.8, 4) is 0 Å². The van der Waals surface area contributed by atoms with Crippen molar-refractivity contribution < 1.29 is 9.59 Å². The molecule has 2 aromatic rings. The molecule has 1 atom stereocenters. The molecular weight excluding hydrogens is 382 g/mol. The van der Waals surface area contributed by atoms with Gasteiger partial charge in [0.15, 0.2) is 0 Å². The molecule has 0 spiro atoms. The van der Waals surface area contributed by atoms with Crippen LogP contribution in [0, 0.1) is 5.92 Å². The van der Waals surface area contributed by atoms with Gasteiger partial charge in [0.05, 0.1) is 18.3 Å². The van der Waals surface area contributed by atoms with Gasteiger partial charge in [0.2, 0.25) is 5.91 Å². The molecule has 1 saturated carbocycles. The van der Waals surface area contributed by atoms with Crippen LogP contribution in [0.4, 0.5) is 0 Å². The first-order chi connectivity index (χ1) is 14.6. The van der Waals surface area contributed by atoms with Gasteiger partial charge in [-0.25, -0.2) is 4.98 Å². The molecule has 30 heavy (non-hydrogen) atoms. The lowest BCUT2D eigenvalue weighted by Gasteiger charge is -2.36. The van der Waals surface area contributed by atoms with Gasteiger partial charge in [0.25, 0.3) is 11.5 Å². The summed E-state index contributed by atoms with van der Waals surface area (Å²) in [6, 6.07) is 3.20. The molecular formula is C22H25N5O3. The van der Waals surface area contributed by atoms with Crippen LogP contribution in [-0.2, 0) is 17.8 Å². The molecule has 4 heterocycles. The highest BCUT2D eigenvalue weighted by Gasteiger charge is 2.39. The lowest BCUT2D eigenvalue weighted by Crippen LogP contribution is -2.43. The van der Waals surface area contributed by atoms with Gasteiger partial charge in [-0.2, -0.15) is 0 Å². The Balaban J connectivity index is 1.43. The summed E-state index contributed by atoms with van der Waals surface area (Å²) in [4.78, 5) is 53.7. The molecule has 0 radical (unpaired) electrons. The Bertz CT molecular complexity index is 1030. The van der Waals surface area contributed by atoms with Gasteiger partial charge in [-0.3, -0.25) is 19.4 Å². The lowest BCUT2D eigenvalue weighted by atomic mass is 9.99. The van der Waals surface area contributed by atoms with Crippen molar-refractivity contribution in [1.82, 2.24) is 24.8 Å². The highest BCUT2D eigenvalue weighted by molar-refractivity contribution is 5.94. The molecule has 8 nitrogen and oxygen atoms in total. The summed E-state index contributed by atoms with van der Waals surface area (Å²) in [7, 11) is 0. The Morgan fingerprint density at radius 2 is 1.87 bits per heavy atom. The maximum Gasteiger partial charge on any atom is 0.254 e. The highest BCUT2D eigenvalue weighted by Crippen LogP contribution is 2.37. The summed E-state index contributed by atoms with van der Waals surface area (Å²) in [5, 5.41) is 0. The zero-order valence-electron chi connectivity index (χ0n) is 16.8. The number of hydrogen-bond acceptors (Lipinski definition) is 5. The molecule has 8 heteroatoms. The van der Waals surface area contributed by atoms with Crippen LogP contribution in [0.3, 0.4) is 0 Å². The molecule has 2 fully saturated rings. The van der Waals surface area contributed by atoms with Crippen molar-refractivity contribution in [2.75, 3.05) is 13.1 Å². The third kappa shape index (κ3) is 3.51. The number of carbonyl (C=O) groups excluding carboxylic acids is 2. The first-order valence-corrected chi connectivity index (χ1v) is 10.7. The molecule has 1 saturated heterocycles. The van der Waals surface area contributed by atoms with Gasteiger partial charge in [-0.15, -0.1) is 0 Å². The quantitative estimate of drug-likeness (QED) is 0.837. The highest BCUT2D eigenvalue weighted by atomic mass is 16.2. The normalized spacial score (nSPS) is 21.3. The molecule has 5 rings (SSSR count). The van der Waals surface area contributed by atoms with E-state index in [0.29, 0.717) is 48.7 Å². The number of nitrogens with zero attached hydrogens (tertiary/aromatic N) is 4. The number of pyridine rings is 1. The van der Waals surface area contributed by atoms with E-state index in [-0.39, 0.29) is 29.3 Å². The Morgan fingerprint density at radius 1 is 1.07 bits per heavy atom. The first-order valence-electron chi connectivity index (χ1n) is 10.7. The Labute approximate surface area is 174 Å². The minimum absolute atomic E-state index is 0.0881. The molecule has 1 N–H and O–H groups in total. The van der Waals surface area contributed by atoms with Crippen LogP contribution in [0.15, 0.2) is 29.3 Å². The lowest BCUT2D eigenvalue weighted by molar-refractivity contribution is -0.136. The molecule has 2 aromatic heterocycles. The SMILES string of the molecule is O=C(c1ccncc1)N1CCc2c(nc([C@H]3CCCCN3C(=O)C3CC3)[nH]c2=O)C1. The number of H-pyrrole nitrogens is 1. The second-order valence-electron chi connectivity index (χ2n) is 8.41. The van der Waals surface area contributed by atoms with Crippen LogP contribution in [0.25, 0.3) is 0 Å². The van der Waals surface area contributed by atoms with Crippen LogP contribution in [0.2, 0.25) is 0 Å². The van der Waals surface area contributed by atoms with E-state index in [9.17, 15) is 14.4 Å². The standard InChI is InChI=1S/C22H25N5O3/c28-20-16-8-12-26(21(29)15-6-9-23-10-7-15)13-17(16)24-19(25-20)18-3-1-2-11-27(18)22(30)14-4-5-14/h6-7,9-10,14,18H,1-5,8,11-13H2,(H,24,25,28)/t18-/m1/s1. The number of carbonyl (C=O) groups is 2. The fourth-order valence-electron chi connectivity index (χ4n) is 4.51. The maximum atomic E-state index is 12.8. The zero-order valence-corrected chi connectivity index (χ0v) is 16.8. The number of likely N-dealkylation sites (tertiary alicyclic amines) is 1. The van der Waals surface area contributed by atoms with Gasteiger partial charge in [-0.1, -0.05) is 0 Å². The Kier molecular flexibility index (Phi) is 4.84. The average Bonchev–Trinajstić information content (AvgIpc) is 3.64. The maximum absolute atomic E-state index is 12.8. The van der Waals surface area contributed by atoms with E-state index < -0.39 is 0 Å². The molecule has 2 aliphatic heterocycles. The number of aromatic amines is 1. The van der Waals surface area contributed by atoms with E-state index >= 15 is 0 Å². The van der Waals surface area contributed by atoms with Gasteiger partial charge in [0.1, 0.15) is 5.82 Å². The van der Waals surface area contributed by atoms with E-state index in [2.05, 4.69) is 9.97 Å². The summed E-state index contributed by atoms with van der Waals surface area (Å²) in [6.07, 6.45) is 8.39. The zero-order chi connectivity index (χ0) is 20.7. The van der Waals surface area contributed by atoms with Gasteiger partial charge >= 0.3 is 0 Å². The average molecular weight is 407 g/mol. The summed E-state index contributed by atoms with van der Waals surface area (Å²) >= 11 is 0. The van der Waals surface area contributed by atoms with E-state index in [0.717, 1.165) is 32.1 Å². The van der Waals surface area contributed by atoms with Crippen molar-refractivity contribution in [2.45, 2.75) is 51.1 Å². The van der Waals surface area contributed by atoms with Crippen LogP contribution in [0.1, 0.15) is 65.6 Å². The van der Waals surface area contributed by atoms with Crippen molar-refractivity contribution in [2.24, 2.45) is 5.92 Å². The number of hydrogen-bond donors (Lipinski definition) is 1. The molecule has 0 aromatic carbocycles. The number of rotatable bonds is 3. The number of nitrogens with one attached hydrogen (secondary N) is 1. The summed E-state index contributed by atoms with van der Waals surface area (Å²) < 4.78 is 0. The molecule has 0 bridgehead atoms. The number of aromatic nitrogens is 3. The molecule has 1 aliphatic carbocycles. The Hall–Kier alpha value is -3.03. The monoisotopic (exact) mass is 407 g/mol. The smallest absolute Gasteiger partial charge is 0.254 e. The van der Waals surface area contributed by atoms with Gasteiger partial charge < -0.3 is 14.8 Å². The third-order valence-electron chi connectivity index (χ3n) is 6.33. The minimum Gasteiger partial charge on any atom is -0.332 e. The predicted molar refractivity (Wildman–Crippen MR) is 109 cm³/mol. The van der Waals surface area contributed by atoms with Gasteiger partial charge in [-0.05, 0) is 50.7 Å².